The molecule has 1 aromatic heterocycles. The van der Waals surface area contributed by atoms with Crippen molar-refractivity contribution in [2.45, 2.75) is 0 Å². The molecule has 0 saturated heterocycles. The molecule has 16 heavy (non-hydrogen) atoms. The monoisotopic (exact) mass is 212 g/mol. The predicted molar refractivity (Wildman–Crippen MR) is 60.0 cm³/mol. The summed E-state index contributed by atoms with van der Waals surface area (Å²) < 4.78 is 16.3. The summed E-state index contributed by atoms with van der Waals surface area (Å²) in [6, 6.07) is 9.98. The molecule has 0 bridgehead atoms. The smallest absolute Gasteiger partial charge is 0.230 e. The van der Waals surface area contributed by atoms with Crippen molar-refractivity contribution in [3.63, 3.8) is 0 Å². The molecule has 4 rings (SSSR count). The normalized spacial score (nSPS) is 14.2. The third-order valence-corrected chi connectivity index (χ3v) is 2.89. The maximum Gasteiger partial charge on any atom is 0.230 e. The molecule has 2 heterocycles. The lowest BCUT2D eigenvalue weighted by molar-refractivity contribution is 0.0922. The second-order valence-corrected chi connectivity index (χ2v) is 3.84. The molecule has 78 valence electrons. The molecule has 0 saturated carbocycles. The molecule has 0 atom stereocenters. The number of hydrogen-bond acceptors (Lipinski definition) is 3. The zero-order valence-corrected chi connectivity index (χ0v) is 8.40. The molecular weight excluding hydrogens is 204 g/mol. The van der Waals surface area contributed by atoms with Gasteiger partial charge in [-0.05, 0) is 12.1 Å². The number of hydrogen-bond donors (Lipinski definition) is 0. The Morgan fingerprint density at radius 1 is 1.06 bits per heavy atom. The average Bonchev–Trinajstić information content (AvgIpc) is 2.88. The summed E-state index contributed by atoms with van der Waals surface area (Å²) in [7, 11) is 0. The standard InChI is InChI=1S/C13H8O3/c1-2-8-4-9-10-6-14-7-15-12(10)5-13(9)16-11(8)3-1/h1-6H,7H2. The predicted octanol–water partition coefficient (Wildman–Crippen LogP) is 2.41. The van der Waals surface area contributed by atoms with Crippen LogP contribution in [0.2, 0.25) is 0 Å². The van der Waals surface area contributed by atoms with Crippen LogP contribution in [0.3, 0.4) is 0 Å². The van der Waals surface area contributed by atoms with E-state index in [1.54, 1.807) is 6.26 Å². The summed E-state index contributed by atoms with van der Waals surface area (Å²) in [5.74, 6) is 0.831. The third kappa shape index (κ3) is 0.922. The van der Waals surface area contributed by atoms with Crippen LogP contribution in [0.15, 0.2) is 34.7 Å². The quantitative estimate of drug-likeness (QED) is 0.573. The molecule has 2 aromatic carbocycles. The van der Waals surface area contributed by atoms with Gasteiger partial charge < -0.3 is 13.9 Å². The molecule has 0 amide bonds. The Balaban J connectivity index is 2.23. The van der Waals surface area contributed by atoms with Gasteiger partial charge in [-0.25, -0.2) is 0 Å². The fraction of sp³-hybridized carbons (Fsp3) is 0.0769. The van der Waals surface area contributed by atoms with E-state index in [1.165, 1.54) is 0 Å². The van der Waals surface area contributed by atoms with Gasteiger partial charge in [-0.15, -0.1) is 0 Å². The molecule has 0 N–H and O–H groups in total. The van der Waals surface area contributed by atoms with Crippen molar-refractivity contribution in [2.75, 3.05) is 6.79 Å². The van der Waals surface area contributed by atoms with Gasteiger partial charge in [0.2, 0.25) is 6.79 Å². The van der Waals surface area contributed by atoms with Gasteiger partial charge in [-0.2, -0.15) is 0 Å². The molecule has 0 unspecified atom stereocenters. The Kier molecular flexibility index (Phi) is 1.36. The molecule has 0 spiro atoms. The van der Waals surface area contributed by atoms with Gasteiger partial charge in [0.1, 0.15) is 16.9 Å². The molecule has 0 aliphatic carbocycles. The first-order chi connectivity index (χ1) is 7.92. The van der Waals surface area contributed by atoms with Crippen LogP contribution in [0.5, 0.6) is 5.75 Å². The van der Waals surface area contributed by atoms with Crippen molar-refractivity contribution in [3.05, 3.63) is 35.6 Å². The van der Waals surface area contributed by atoms with Gasteiger partial charge in [-0.3, -0.25) is 0 Å². The third-order valence-electron chi connectivity index (χ3n) is 2.89. The van der Waals surface area contributed by atoms with Gasteiger partial charge in [0.15, 0.2) is 0 Å². The highest BCUT2D eigenvalue weighted by Gasteiger charge is 2.12. The summed E-state index contributed by atoms with van der Waals surface area (Å²) >= 11 is 0. The Labute approximate surface area is 90.8 Å². The Hall–Kier alpha value is -2.16. The van der Waals surface area contributed by atoms with E-state index in [2.05, 4.69) is 6.07 Å². The number of rotatable bonds is 0. The summed E-state index contributed by atoms with van der Waals surface area (Å²) in [5.41, 5.74) is 1.74. The van der Waals surface area contributed by atoms with E-state index in [0.717, 1.165) is 32.9 Å². The van der Waals surface area contributed by atoms with E-state index in [9.17, 15) is 0 Å². The zero-order chi connectivity index (χ0) is 10.5. The Morgan fingerprint density at radius 2 is 2.06 bits per heavy atom. The zero-order valence-electron chi connectivity index (χ0n) is 8.40. The van der Waals surface area contributed by atoms with E-state index < -0.39 is 0 Å². The Morgan fingerprint density at radius 3 is 3.06 bits per heavy atom. The van der Waals surface area contributed by atoms with Gasteiger partial charge in [0.25, 0.3) is 0 Å². The molecule has 3 heteroatoms. The van der Waals surface area contributed by atoms with Gasteiger partial charge in [0.05, 0.1) is 11.5 Å². The van der Waals surface area contributed by atoms with Crippen LogP contribution < -0.4 is 9.96 Å². The molecule has 0 fully saturated rings. The highest BCUT2D eigenvalue weighted by Crippen LogP contribution is 2.26. The lowest BCUT2D eigenvalue weighted by Crippen LogP contribution is -2.13. The lowest BCUT2D eigenvalue weighted by Gasteiger charge is -2.07. The highest BCUT2D eigenvalue weighted by atomic mass is 16.7. The van der Waals surface area contributed by atoms with E-state index in [0.29, 0.717) is 0 Å². The van der Waals surface area contributed by atoms with E-state index >= 15 is 0 Å². The van der Waals surface area contributed by atoms with Crippen molar-refractivity contribution in [1.29, 1.82) is 0 Å². The first-order valence-electron chi connectivity index (χ1n) is 5.11. The summed E-state index contributed by atoms with van der Waals surface area (Å²) in [4.78, 5) is 0. The summed E-state index contributed by atoms with van der Waals surface area (Å²) in [6.07, 6.45) is 1.73. The van der Waals surface area contributed by atoms with Crippen LogP contribution >= 0.6 is 0 Å². The second kappa shape index (κ2) is 2.70. The first-order valence-corrected chi connectivity index (χ1v) is 5.11. The van der Waals surface area contributed by atoms with Crippen LogP contribution in [0.1, 0.15) is 0 Å². The van der Waals surface area contributed by atoms with Gasteiger partial charge in [-0.1, -0.05) is 12.1 Å². The van der Waals surface area contributed by atoms with Crippen LogP contribution in [-0.4, -0.2) is 6.79 Å². The number of ether oxygens (including phenoxy) is 2. The minimum Gasteiger partial charge on any atom is -0.464 e. The maximum atomic E-state index is 5.78. The van der Waals surface area contributed by atoms with Crippen LogP contribution in [0.4, 0.5) is 0 Å². The van der Waals surface area contributed by atoms with E-state index in [-0.39, 0.29) is 6.79 Å². The van der Waals surface area contributed by atoms with E-state index in [4.69, 9.17) is 13.9 Å². The van der Waals surface area contributed by atoms with Crippen molar-refractivity contribution in [3.8, 4) is 5.75 Å². The molecular formula is C13H8O3. The van der Waals surface area contributed by atoms with Crippen molar-refractivity contribution >= 4 is 28.2 Å². The topological polar surface area (TPSA) is 31.6 Å². The largest absolute Gasteiger partial charge is 0.464 e. The molecule has 3 aromatic rings. The number of fused-ring (bicyclic) bond motifs is 4. The Bertz CT molecular complexity index is 739. The maximum absolute atomic E-state index is 5.78. The molecule has 3 nitrogen and oxygen atoms in total. The molecule has 1 aliphatic heterocycles. The molecule has 0 radical (unpaired) electrons. The van der Waals surface area contributed by atoms with E-state index in [1.807, 2.05) is 24.3 Å². The van der Waals surface area contributed by atoms with Crippen LogP contribution in [0.25, 0.3) is 28.2 Å². The fourth-order valence-corrected chi connectivity index (χ4v) is 2.13. The molecule has 1 aliphatic rings. The van der Waals surface area contributed by atoms with Crippen LogP contribution in [-0.2, 0) is 4.74 Å². The summed E-state index contributed by atoms with van der Waals surface area (Å²) in [5, 5.41) is 3.10. The summed E-state index contributed by atoms with van der Waals surface area (Å²) in [6.45, 7) is 0.273. The van der Waals surface area contributed by atoms with Gasteiger partial charge >= 0.3 is 0 Å². The minimum atomic E-state index is 0.273. The highest BCUT2D eigenvalue weighted by molar-refractivity contribution is 5.93. The van der Waals surface area contributed by atoms with Crippen molar-refractivity contribution in [1.82, 2.24) is 0 Å². The second-order valence-electron chi connectivity index (χ2n) is 3.84. The van der Waals surface area contributed by atoms with Crippen molar-refractivity contribution < 1.29 is 13.9 Å². The minimum absolute atomic E-state index is 0.273. The van der Waals surface area contributed by atoms with Gasteiger partial charge in [0, 0.05) is 16.8 Å². The fourth-order valence-electron chi connectivity index (χ4n) is 2.13. The average molecular weight is 212 g/mol. The van der Waals surface area contributed by atoms with Crippen molar-refractivity contribution in [2.24, 2.45) is 0 Å². The van der Waals surface area contributed by atoms with Crippen LogP contribution in [0, 0.1) is 0 Å². The SMILES string of the molecule is C1=c2c(cc3oc4cccc4cc23)OCO1. The first kappa shape index (κ1) is 8.05. The lowest BCUT2D eigenvalue weighted by atomic mass is 10.2.